The Bertz CT molecular complexity index is 1030. The molecule has 0 spiro atoms. The standard InChI is InChI=1S/C24H21N3O2/c1-17-12-14-20(15-13-17)24-26-21(27-29-24)16-25-23(28)22(18-8-4-2-5-9-18)19-10-6-3-7-11-19/h2-15,22H,16H2,1H3,(H,25,28). The van der Waals surface area contributed by atoms with Crippen LogP contribution in [0.15, 0.2) is 89.5 Å². The second kappa shape index (κ2) is 8.52. The lowest BCUT2D eigenvalue weighted by Gasteiger charge is -2.17. The summed E-state index contributed by atoms with van der Waals surface area (Å²) in [4.78, 5) is 17.4. The second-order valence-corrected chi connectivity index (χ2v) is 6.85. The van der Waals surface area contributed by atoms with Crippen LogP contribution < -0.4 is 5.32 Å². The summed E-state index contributed by atoms with van der Waals surface area (Å²) < 4.78 is 5.34. The van der Waals surface area contributed by atoms with E-state index in [1.165, 1.54) is 0 Å². The molecule has 1 heterocycles. The van der Waals surface area contributed by atoms with Crippen molar-refractivity contribution in [3.05, 3.63) is 107 Å². The van der Waals surface area contributed by atoms with E-state index in [2.05, 4.69) is 15.5 Å². The molecule has 144 valence electrons. The van der Waals surface area contributed by atoms with Crippen LogP contribution in [0.2, 0.25) is 0 Å². The lowest BCUT2D eigenvalue weighted by Crippen LogP contribution is -2.30. The van der Waals surface area contributed by atoms with Gasteiger partial charge in [-0.2, -0.15) is 4.98 Å². The maximum absolute atomic E-state index is 13.0. The first-order chi connectivity index (χ1) is 14.2. The largest absolute Gasteiger partial charge is 0.348 e. The van der Waals surface area contributed by atoms with Gasteiger partial charge in [-0.05, 0) is 30.2 Å². The van der Waals surface area contributed by atoms with Crippen LogP contribution in [0.3, 0.4) is 0 Å². The molecule has 1 amide bonds. The maximum atomic E-state index is 13.0. The van der Waals surface area contributed by atoms with Crippen molar-refractivity contribution < 1.29 is 9.32 Å². The van der Waals surface area contributed by atoms with Crippen molar-refractivity contribution >= 4 is 5.91 Å². The van der Waals surface area contributed by atoms with E-state index in [9.17, 15) is 4.79 Å². The number of hydrogen-bond acceptors (Lipinski definition) is 4. The van der Waals surface area contributed by atoms with Crippen LogP contribution in [0.5, 0.6) is 0 Å². The van der Waals surface area contributed by atoms with E-state index in [0.717, 1.165) is 22.3 Å². The van der Waals surface area contributed by atoms with E-state index in [4.69, 9.17) is 4.52 Å². The van der Waals surface area contributed by atoms with Crippen molar-refractivity contribution in [1.29, 1.82) is 0 Å². The van der Waals surface area contributed by atoms with Gasteiger partial charge in [-0.15, -0.1) is 0 Å². The van der Waals surface area contributed by atoms with E-state index in [0.29, 0.717) is 11.7 Å². The monoisotopic (exact) mass is 383 g/mol. The first-order valence-electron chi connectivity index (χ1n) is 9.48. The Labute approximate surface area is 169 Å². The van der Waals surface area contributed by atoms with Crippen LogP contribution in [-0.4, -0.2) is 16.0 Å². The van der Waals surface area contributed by atoms with Crippen LogP contribution >= 0.6 is 0 Å². The van der Waals surface area contributed by atoms with Crippen molar-refractivity contribution in [3.63, 3.8) is 0 Å². The van der Waals surface area contributed by atoms with Gasteiger partial charge < -0.3 is 9.84 Å². The Morgan fingerprint density at radius 3 is 2.07 bits per heavy atom. The quantitative estimate of drug-likeness (QED) is 0.533. The first-order valence-corrected chi connectivity index (χ1v) is 9.48. The third kappa shape index (κ3) is 4.41. The molecule has 0 aliphatic heterocycles. The number of amides is 1. The Kier molecular flexibility index (Phi) is 5.47. The third-order valence-electron chi connectivity index (χ3n) is 4.72. The summed E-state index contributed by atoms with van der Waals surface area (Å²) in [6.07, 6.45) is 0. The minimum atomic E-state index is -0.402. The van der Waals surface area contributed by atoms with E-state index < -0.39 is 5.92 Å². The summed E-state index contributed by atoms with van der Waals surface area (Å²) in [6.45, 7) is 2.22. The normalized spacial score (nSPS) is 10.8. The maximum Gasteiger partial charge on any atom is 0.257 e. The van der Waals surface area contributed by atoms with Gasteiger partial charge in [0.15, 0.2) is 5.82 Å². The van der Waals surface area contributed by atoms with Crippen molar-refractivity contribution in [2.24, 2.45) is 0 Å². The molecule has 1 aromatic heterocycles. The smallest absolute Gasteiger partial charge is 0.257 e. The Morgan fingerprint density at radius 1 is 0.897 bits per heavy atom. The lowest BCUT2D eigenvalue weighted by molar-refractivity contribution is -0.121. The predicted octanol–water partition coefficient (Wildman–Crippen LogP) is 4.49. The molecule has 3 aromatic carbocycles. The highest BCUT2D eigenvalue weighted by atomic mass is 16.5. The van der Waals surface area contributed by atoms with Crippen LogP contribution in [0.1, 0.15) is 28.4 Å². The summed E-state index contributed by atoms with van der Waals surface area (Å²) in [5.74, 6) is 0.371. The van der Waals surface area contributed by atoms with Gasteiger partial charge in [0.05, 0.1) is 12.5 Å². The number of carbonyl (C=O) groups excluding carboxylic acids is 1. The molecular weight excluding hydrogens is 362 g/mol. The fourth-order valence-corrected chi connectivity index (χ4v) is 3.19. The molecule has 1 N–H and O–H groups in total. The fourth-order valence-electron chi connectivity index (χ4n) is 3.19. The minimum Gasteiger partial charge on any atom is -0.348 e. The molecule has 5 heteroatoms. The Hall–Kier alpha value is -3.73. The molecule has 0 unspecified atom stereocenters. The predicted molar refractivity (Wildman–Crippen MR) is 111 cm³/mol. The number of aryl methyl sites for hydroxylation is 1. The molecule has 0 fully saturated rings. The lowest BCUT2D eigenvalue weighted by atomic mass is 9.90. The average molecular weight is 383 g/mol. The zero-order valence-electron chi connectivity index (χ0n) is 16.1. The van der Waals surface area contributed by atoms with Crippen LogP contribution in [0.4, 0.5) is 0 Å². The van der Waals surface area contributed by atoms with E-state index in [1.54, 1.807) is 0 Å². The molecule has 0 radical (unpaired) electrons. The SMILES string of the molecule is Cc1ccc(-c2nc(CNC(=O)C(c3ccccc3)c3ccccc3)no2)cc1. The zero-order chi connectivity index (χ0) is 20.1. The number of nitrogens with one attached hydrogen (secondary N) is 1. The van der Waals surface area contributed by atoms with Crippen molar-refractivity contribution in [1.82, 2.24) is 15.5 Å². The summed E-state index contributed by atoms with van der Waals surface area (Å²) in [6, 6.07) is 27.3. The molecule has 29 heavy (non-hydrogen) atoms. The van der Waals surface area contributed by atoms with Crippen molar-refractivity contribution in [2.75, 3.05) is 0 Å². The van der Waals surface area contributed by atoms with Gasteiger partial charge in [0, 0.05) is 5.56 Å². The number of aromatic nitrogens is 2. The number of hydrogen-bond donors (Lipinski definition) is 1. The minimum absolute atomic E-state index is 0.107. The van der Waals surface area contributed by atoms with Crippen molar-refractivity contribution in [2.45, 2.75) is 19.4 Å². The number of benzene rings is 3. The van der Waals surface area contributed by atoms with E-state index in [1.807, 2.05) is 91.9 Å². The van der Waals surface area contributed by atoms with Gasteiger partial charge in [0.1, 0.15) is 0 Å². The van der Waals surface area contributed by atoms with Crippen LogP contribution in [0, 0.1) is 6.92 Å². The molecular formula is C24H21N3O2. The van der Waals surface area contributed by atoms with Gasteiger partial charge >= 0.3 is 0 Å². The molecule has 5 nitrogen and oxygen atoms in total. The van der Waals surface area contributed by atoms with Gasteiger partial charge in [0.25, 0.3) is 5.89 Å². The molecule has 0 aliphatic carbocycles. The highest BCUT2D eigenvalue weighted by Crippen LogP contribution is 2.25. The molecule has 0 aliphatic rings. The molecule has 4 rings (SSSR count). The number of nitrogens with zero attached hydrogens (tertiary/aromatic N) is 2. The molecule has 0 atom stereocenters. The first kappa shape index (κ1) is 18.6. The van der Waals surface area contributed by atoms with Gasteiger partial charge in [-0.1, -0.05) is 83.5 Å². The molecule has 0 saturated heterocycles. The van der Waals surface area contributed by atoms with Crippen LogP contribution in [0.25, 0.3) is 11.5 Å². The molecule has 4 aromatic rings. The molecule has 0 saturated carbocycles. The van der Waals surface area contributed by atoms with Gasteiger partial charge in [-0.3, -0.25) is 4.79 Å². The summed E-state index contributed by atoms with van der Waals surface area (Å²) in [5, 5.41) is 6.94. The summed E-state index contributed by atoms with van der Waals surface area (Å²) >= 11 is 0. The van der Waals surface area contributed by atoms with E-state index >= 15 is 0 Å². The summed E-state index contributed by atoms with van der Waals surface area (Å²) in [5.41, 5.74) is 3.88. The van der Waals surface area contributed by atoms with Crippen LogP contribution in [-0.2, 0) is 11.3 Å². The number of rotatable bonds is 6. The molecule has 0 bridgehead atoms. The van der Waals surface area contributed by atoms with Gasteiger partial charge in [0.2, 0.25) is 5.91 Å². The van der Waals surface area contributed by atoms with Crippen molar-refractivity contribution in [3.8, 4) is 11.5 Å². The average Bonchev–Trinajstić information content (AvgIpc) is 3.24. The fraction of sp³-hybridized carbons (Fsp3) is 0.125. The zero-order valence-corrected chi connectivity index (χ0v) is 16.1. The topological polar surface area (TPSA) is 68.0 Å². The van der Waals surface area contributed by atoms with E-state index in [-0.39, 0.29) is 12.5 Å². The number of carbonyl (C=O) groups is 1. The highest BCUT2D eigenvalue weighted by Gasteiger charge is 2.22. The Morgan fingerprint density at radius 2 is 1.48 bits per heavy atom. The second-order valence-electron chi connectivity index (χ2n) is 6.85. The summed E-state index contributed by atoms with van der Waals surface area (Å²) in [7, 11) is 0. The highest BCUT2D eigenvalue weighted by molar-refractivity contribution is 5.87. The van der Waals surface area contributed by atoms with Gasteiger partial charge in [-0.25, -0.2) is 0 Å². The Balaban J connectivity index is 1.49. The third-order valence-corrected chi connectivity index (χ3v) is 4.72.